The van der Waals surface area contributed by atoms with Gasteiger partial charge in [-0.05, 0) is 67.2 Å². The van der Waals surface area contributed by atoms with Gasteiger partial charge in [0, 0.05) is 12.1 Å². The van der Waals surface area contributed by atoms with E-state index in [1.807, 2.05) is 0 Å². The quantitative estimate of drug-likeness (QED) is 0.486. The second-order valence-corrected chi connectivity index (χ2v) is 9.92. The Morgan fingerprint density at radius 3 is 1.12 bits per heavy atom. The van der Waals surface area contributed by atoms with Crippen LogP contribution in [0.1, 0.15) is 67.2 Å². The summed E-state index contributed by atoms with van der Waals surface area (Å²) in [5.74, 6) is -0.991. The lowest BCUT2D eigenvalue weighted by Gasteiger charge is -2.35. The molecule has 0 heterocycles. The van der Waals surface area contributed by atoms with E-state index in [-0.39, 0.29) is 35.9 Å². The number of esters is 2. The molecule has 2 rings (SSSR count). The molecule has 0 unspecified atom stereocenters. The third kappa shape index (κ3) is 9.32. The van der Waals surface area contributed by atoms with Crippen molar-refractivity contribution in [3.8, 4) is 0 Å². The van der Waals surface area contributed by atoms with Crippen LogP contribution >= 0.6 is 0 Å². The van der Waals surface area contributed by atoms with E-state index < -0.39 is 23.4 Å². The first-order valence-electron chi connectivity index (χ1n) is 10.8. The molecule has 0 aromatic heterocycles. The molecule has 0 bridgehead atoms. The smallest absolute Gasteiger partial charge is 0.407 e. The zero-order valence-electron chi connectivity index (χ0n) is 20.4. The Morgan fingerprint density at radius 1 is 0.625 bits per heavy atom. The van der Waals surface area contributed by atoms with Gasteiger partial charge < -0.3 is 29.6 Å². The maximum absolute atomic E-state index is 11.4. The van der Waals surface area contributed by atoms with E-state index in [4.69, 9.17) is 9.47 Å². The third-order valence-electron chi connectivity index (χ3n) is 4.96. The largest absolute Gasteiger partial charge is 0.469 e. The number of carbonyl (C=O) groups is 4. The van der Waals surface area contributed by atoms with Crippen LogP contribution in [-0.2, 0) is 28.5 Å². The predicted molar refractivity (Wildman–Crippen MR) is 116 cm³/mol. The molecule has 0 aromatic rings. The van der Waals surface area contributed by atoms with Gasteiger partial charge in [0.15, 0.2) is 0 Å². The van der Waals surface area contributed by atoms with Gasteiger partial charge >= 0.3 is 24.1 Å². The average molecular weight is 459 g/mol. The molecular weight excluding hydrogens is 420 g/mol. The molecule has 0 saturated heterocycles. The number of methoxy groups -OCH3 is 2. The van der Waals surface area contributed by atoms with Crippen LogP contribution in [-0.4, -0.2) is 61.6 Å². The Kier molecular flexibility index (Phi) is 9.78. The highest BCUT2D eigenvalue weighted by molar-refractivity contribution is 5.77. The van der Waals surface area contributed by atoms with E-state index in [0.29, 0.717) is 0 Å². The molecule has 2 fully saturated rings. The highest BCUT2D eigenvalue weighted by Crippen LogP contribution is 2.29. The van der Waals surface area contributed by atoms with Gasteiger partial charge in [-0.1, -0.05) is 0 Å². The SMILES string of the molecule is COC(=O)[C@@H]1CC[C@@H]1NC(=O)OC(C)(C)C.COC(=O)[C@H]1CC[C@H]1NC(=O)OC(C)(C)C. The fourth-order valence-corrected chi connectivity index (χ4v) is 3.13. The molecule has 0 radical (unpaired) electrons. The van der Waals surface area contributed by atoms with Gasteiger partial charge in [-0.2, -0.15) is 0 Å². The lowest BCUT2D eigenvalue weighted by molar-refractivity contribution is -0.150. The number of nitrogens with one attached hydrogen (secondary N) is 2. The standard InChI is InChI=1S/2C11H19NO4/c2*1-11(2,3)16-10(14)12-8-6-5-7(8)9(13)15-4/h2*7-8H,5-6H2,1-4H3,(H,12,14)/t2*7-,8+/m10/s1. The van der Waals surface area contributed by atoms with Gasteiger partial charge in [0.1, 0.15) is 11.2 Å². The second-order valence-electron chi connectivity index (χ2n) is 9.92. The zero-order chi connectivity index (χ0) is 24.7. The lowest BCUT2D eigenvalue weighted by Crippen LogP contribution is -2.51. The summed E-state index contributed by atoms with van der Waals surface area (Å²) in [5.41, 5.74) is -1.04. The number of amides is 2. The first-order chi connectivity index (χ1) is 14.7. The van der Waals surface area contributed by atoms with Crippen LogP contribution in [0.2, 0.25) is 0 Å². The van der Waals surface area contributed by atoms with E-state index in [9.17, 15) is 19.2 Å². The first kappa shape index (κ1) is 27.5. The maximum Gasteiger partial charge on any atom is 0.407 e. The van der Waals surface area contributed by atoms with Crippen LogP contribution in [0.25, 0.3) is 0 Å². The van der Waals surface area contributed by atoms with Crippen molar-refractivity contribution in [2.24, 2.45) is 11.8 Å². The second kappa shape index (κ2) is 11.4. The van der Waals surface area contributed by atoms with E-state index in [1.165, 1.54) is 14.2 Å². The molecule has 4 atom stereocenters. The minimum absolute atomic E-state index is 0.151. The number of alkyl carbamates (subject to hydrolysis) is 2. The fourth-order valence-electron chi connectivity index (χ4n) is 3.13. The monoisotopic (exact) mass is 458 g/mol. The molecule has 2 N–H and O–H groups in total. The lowest BCUT2D eigenvalue weighted by atomic mass is 9.80. The van der Waals surface area contributed by atoms with Crippen LogP contribution in [0, 0.1) is 11.8 Å². The van der Waals surface area contributed by atoms with Crippen LogP contribution < -0.4 is 10.6 Å². The third-order valence-corrected chi connectivity index (χ3v) is 4.96. The van der Waals surface area contributed by atoms with Crippen molar-refractivity contribution in [3.05, 3.63) is 0 Å². The van der Waals surface area contributed by atoms with Crippen molar-refractivity contribution < 1.29 is 38.1 Å². The molecular formula is C22H38N2O8. The highest BCUT2D eigenvalue weighted by Gasteiger charge is 2.40. The highest BCUT2D eigenvalue weighted by atomic mass is 16.6. The Hall–Kier alpha value is -2.52. The summed E-state index contributed by atoms with van der Waals surface area (Å²) in [6, 6.07) is -0.301. The summed E-state index contributed by atoms with van der Waals surface area (Å²) in [7, 11) is 2.70. The summed E-state index contributed by atoms with van der Waals surface area (Å²) < 4.78 is 19.5. The molecule has 32 heavy (non-hydrogen) atoms. The molecule has 2 aliphatic rings. The van der Waals surface area contributed by atoms with E-state index >= 15 is 0 Å². The van der Waals surface area contributed by atoms with Crippen molar-refractivity contribution in [2.75, 3.05) is 14.2 Å². The van der Waals surface area contributed by atoms with Crippen molar-refractivity contribution in [1.82, 2.24) is 10.6 Å². The van der Waals surface area contributed by atoms with E-state index in [1.54, 1.807) is 41.5 Å². The van der Waals surface area contributed by atoms with Crippen molar-refractivity contribution in [2.45, 2.75) is 90.5 Å². The van der Waals surface area contributed by atoms with Crippen molar-refractivity contribution >= 4 is 24.1 Å². The average Bonchev–Trinajstić information content (AvgIpc) is 2.59. The number of ether oxygens (including phenoxy) is 4. The molecule has 184 valence electrons. The Morgan fingerprint density at radius 2 is 0.938 bits per heavy atom. The fraction of sp³-hybridized carbons (Fsp3) is 0.818. The molecule has 0 aromatic carbocycles. The van der Waals surface area contributed by atoms with Crippen molar-refractivity contribution in [3.63, 3.8) is 0 Å². The summed E-state index contributed by atoms with van der Waals surface area (Å²) in [5, 5.41) is 5.35. The van der Waals surface area contributed by atoms with Crippen LogP contribution in [0.5, 0.6) is 0 Å². The number of carbonyl (C=O) groups excluding carboxylic acids is 4. The number of hydrogen-bond donors (Lipinski definition) is 2. The van der Waals surface area contributed by atoms with Crippen molar-refractivity contribution in [1.29, 1.82) is 0 Å². The normalized spacial score (nSPS) is 24.2. The zero-order valence-corrected chi connectivity index (χ0v) is 20.4. The summed E-state index contributed by atoms with van der Waals surface area (Å²) in [4.78, 5) is 45.4. The van der Waals surface area contributed by atoms with Gasteiger partial charge in [-0.3, -0.25) is 9.59 Å². The number of rotatable bonds is 4. The van der Waals surface area contributed by atoms with E-state index in [0.717, 1.165) is 25.7 Å². The Labute approximate surface area is 190 Å². The van der Waals surface area contributed by atoms with Gasteiger partial charge in [0.25, 0.3) is 0 Å². The molecule has 10 nitrogen and oxygen atoms in total. The topological polar surface area (TPSA) is 129 Å². The van der Waals surface area contributed by atoms with Gasteiger partial charge in [-0.25, -0.2) is 9.59 Å². The maximum atomic E-state index is 11.4. The Bertz CT molecular complexity index is 622. The molecule has 0 aliphatic heterocycles. The molecule has 10 heteroatoms. The molecule has 2 saturated carbocycles. The molecule has 2 amide bonds. The first-order valence-corrected chi connectivity index (χ1v) is 10.8. The predicted octanol–water partition coefficient (Wildman–Crippen LogP) is 2.93. The van der Waals surface area contributed by atoms with Gasteiger partial charge in [-0.15, -0.1) is 0 Å². The summed E-state index contributed by atoms with van der Waals surface area (Å²) in [6.45, 7) is 10.8. The van der Waals surface area contributed by atoms with E-state index in [2.05, 4.69) is 20.1 Å². The van der Waals surface area contributed by atoms with Crippen LogP contribution in [0.3, 0.4) is 0 Å². The van der Waals surface area contributed by atoms with Crippen LogP contribution in [0.4, 0.5) is 9.59 Å². The molecule has 2 aliphatic carbocycles. The van der Waals surface area contributed by atoms with Gasteiger partial charge in [0.2, 0.25) is 0 Å². The number of hydrogen-bond acceptors (Lipinski definition) is 8. The minimum atomic E-state index is -0.519. The van der Waals surface area contributed by atoms with Crippen LogP contribution in [0.15, 0.2) is 0 Å². The Balaban J connectivity index is 0.000000320. The summed E-state index contributed by atoms with van der Waals surface area (Å²) in [6.07, 6.45) is 2.13. The molecule has 0 spiro atoms. The summed E-state index contributed by atoms with van der Waals surface area (Å²) >= 11 is 0. The van der Waals surface area contributed by atoms with Gasteiger partial charge in [0.05, 0.1) is 26.1 Å². The minimum Gasteiger partial charge on any atom is -0.469 e.